The number of alkyl halides is 3. The van der Waals surface area contributed by atoms with Crippen molar-refractivity contribution < 1.29 is 26.7 Å². The standard InChI is InChI=1S/C25H32F3N8O4S/c1-41(39,40)34-9-6-22-20(14-34)23(16-2-3-21(25(26,27)28)17(10-16)11-29)32-36(22)13-19(37)12-33-7-4-18(5-8-33)35-15-30-31-24(35)38/h2-3,10,15,18-19,29,37H,4-9,11-14H2,1H3,(H,31,38)/q-1. The Morgan fingerprint density at radius 2 is 1.93 bits per heavy atom. The lowest BCUT2D eigenvalue weighted by molar-refractivity contribution is -0.138. The summed E-state index contributed by atoms with van der Waals surface area (Å²) in [6, 6.07) is 3.54. The van der Waals surface area contributed by atoms with E-state index in [1.165, 1.54) is 22.8 Å². The summed E-state index contributed by atoms with van der Waals surface area (Å²) in [6.45, 7) is 1.48. The van der Waals surface area contributed by atoms with Gasteiger partial charge in [-0.2, -0.15) is 27.7 Å². The number of rotatable bonds is 8. The van der Waals surface area contributed by atoms with Crippen LogP contribution in [0, 0.1) is 0 Å². The third-order valence-electron chi connectivity index (χ3n) is 7.82. The van der Waals surface area contributed by atoms with Gasteiger partial charge in [-0.05, 0) is 18.9 Å². The molecule has 1 fully saturated rings. The lowest BCUT2D eigenvalue weighted by Crippen LogP contribution is -2.42. The number of hydrogen-bond acceptors (Lipinski definition) is 7. The van der Waals surface area contributed by atoms with Gasteiger partial charge >= 0.3 is 11.9 Å². The molecule has 16 heteroatoms. The highest BCUT2D eigenvalue weighted by Gasteiger charge is 2.34. The van der Waals surface area contributed by atoms with Crippen LogP contribution in [-0.4, -0.2) is 85.8 Å². The van der Waals surface area contributed by atoms with Gasteiger partial charge in [0.15, 0.2) is 0 Å². The van der Waals surface area contributed by atoms with Gasteiger partial charge in [-0.15, -0.1) is 6.54 Å². The van der Waals surface area contributed by atoms with Crippen molar-refractivity contribution in [3.8, 4) is 11.3 Å². The van der Waals surface area contributed by atoms with Crippen molar-refractivity contribution in [2.45, 2.75) is 57.2 Å². The summed E-state index contributed by atoms with van der Waals surface area (Å²) < 4.78 is 69.5. The lowest BCUT2D eigenvalue weighted by atomic mass is 9.97. The monoisotopic (exact) mass is 597 g/mol. The molecule has 41 heavy (non-hydrogen) atoms. The molecule has 0 aliphatic carbocycles. The minimum atomic E-state index is -4.60. The molecule has 0 bridgehead atoms. The highest BCUT2D eigenvalue weighted by molar-refractivity contribution is 7.88. The number of aromatic nitrogens is 5. The summed E-state index contributed by atoms with van der Waals surface area (Å²) >= 11 is 0. The van der Waals surface area contributed by atoms with Crippen molar-refractivity contribution in [2.75, 3.05) is 32.4 Å². The molecule has 4 heterocycles. The van der Waals surface area contributed by atoms with Crippen LogP contribution in [-0.2, 0) is 42.3 Å². The Bertz CT molecular complexity index is 1560. The van der Waals surface area contributed by atoms with Crippen LogP contribution in [0.4, 0.5) is 13.2 Å². The van der Waals surface area contributed by atoms with E-state index in [1.54, 1.807) is 9.25 Å². The highest BCUT2D eigenvalue weighted by atomic mass is 32.2. The molecular weight excluding hydrogens is 565 g/mol. The fourth-order valence-electron chi connectivity index (χ4n) is 5.75. The van der Waals surface area contributed by atoms with Crippen LogP contribution in [0.5, 0.6) is 0 Å². The number of nitrogens with zero attached hydrogens (tertiary/aromatic N) is 6. The number of β-amino-alcohol motifs (C(OH)–C–C–N with tert-alkyl or cyclic N) is 1. The maximum absolute atomic E-state index is 13.4. The van der Waals surface area contributed by atoms with E-state index in [2.05, 4.69) is 20.2 Å². The van der Waals surface area contributed by atoms with Crippen molar-refractivity contribution in [3.05, 3.63) is 63.1 Å². The molecule has 1 aromatic carbocycles. The van der Waals surface area contributed by atoms with Gasteiger partial charge in [0.25, 0.3) is 0 Å². The molecule has 2 aromatic heterocycles. The van der Waals surface area contributed by atoms with E-state index in [4.69, 9.17) is 5.73 Å². The first-order chi connectivity index (χ1) is 19.3. The molecule has 0 amide bonds. The molecule has 1 saturated heterocycles. The zero-order valence-electron chi connectivity index (χ0n) is 22.4. The maximum atomic E-state index is 13.4. The molecule has 0 saturated carbocycles. The molecule has 0 radical (unpaired) electrons. The first-order valence-corrected chi connectivity index (χ1v) is 15.1. The van der Waals surface area contributed by atoms with Crippen molar-refractivity contribution in [3.63, 3.8) is 0 Å². The Morgan fingerprint density at radius 1 is 1.20 bits per heavy atom. The topological polar surface area (TPSA) is 153 Å². The number of piperidine rings is 1. The summed E-state index contributed by atoms with van der Waals surface area (Å²) in [5, 5.41) is 21.8. The molecule has 1 unspecified atom stereocenters. The van der Waals surface area contributed by atoms with Crippen LogP contribution < -0.4 is 5.69 Å². The third-order valence-corrected chi connectivity index (χ3v) is 9.07. The van der Waals surface area contributed by atoms with Gasteiger partial charge in [0.2, 0.25) is 10.0 Å². The molecule has 2 aliphatic heterocycles. The Morgan fingerprint density at radius 3 is 2.54 bits per heavy atom. The van der Waals surface area contributed by atoms with Gasteiger partial charge in [-0.3, -0.25) is 9.25 Å². The number of nitrogens with one attached hydrogen (secondary N) is 2. The van der Waals surface area contributed by atoms with Crippen LogP contribution in [0.25, 0.3) is 17.0 Å². The molecule has 3 aromatic rings. The van der Waals surface area contributed by atoms with E-state index in [9.17, 15) is 31.5 Å². The molecular formula is C25H32F3N8O4S-. The predicted molar refractivity (Wildman–Crippen MR) is 143 cm³/mol. The number of likely N-dealkylation sites (tertiary alicyclic amines) is 1. The zero-order valence-corrected chi connectivity index (χ0v) is 23.2. The number of halogens is 3. The van der Waals surface area contributed by atoms with Crippen molar-refractivity contribution in [2.24, 2.45) is 0 Å². The zero-order chi connectivity index (χ0) is 29.5. The summed E-state index contributed by atoms with van der Waals surface area (Å²) in [6.07, 6.45) is -1.04. The summed E-state index contributed by atoms with van der Waals surface area (Å²) in [5.74, 6) is 0. The molecule has 12 nitrogen and oxygen atoms in total. The Balaban J connectivity index is 1.37. The average Bonchev–Trinajstić information content (AvgIpc) is 3.50. The number of H-pyrrole nitrogens is 1. The maximum Gasteiger partial charge on any atom is 0.416 e. The normalized spacial score (nSPS) is 18.5. The lowest BCUT2D eigenvalue weighted by Gasteiger charge is -2.33. The molecule has 224 valence electrons. The van der Waals surface area contributed by atoms with E-state index in [-0.39, 0.29) is 36.9 Å². The van der Waals surface area contributed by atoms with Gasteiger partial charge in [0.05, 0.1) is 30.2 Å². The Hall–Kier alpha value is -3.05. The fourth-order valence-corrected chi connectivity index (χ4v) is 6.53. The Labute approximate surface area is 234 Å². The molecule has 0 spiro atoms. The van der Waals surface area contributed by atoms with Crippen LogP contribution in [0.15, 0.2) is 29.3 Å². The number of sulfonamides is 1. The van der Waals surface area contributed by atoms with Gasteiger partial charge in [-0.1, -0.05) is 17.7 Å². The average molecular weight is 598 g/mol. The van der Waals surface area contributed by atoms with Gasteiger partial charge < -0.3 is 15.7 Å². The highest BCUT2D eigenvalue weighted by Crippen LogP contribution is 2.37. The van der Waals surface area contributed by atoms with E-state index in [0.29, 0.717) is 42.9 Å². The first-order valence-electron chi connectivity index (χ1n) is 13.3. The van der Waals surface area contributed by atoms with Crippen molar-refractivity contribution >= 4 is 10.0 Å². The summed E-state index contributed by atoms with van der Waals surface area (Å²) in [4.78, 5) is 14.0. The number of aliphatic hydroxyl groups is 1. The first kappa shape index (κ1) is 29.4. The van der Waals surface area contributed by atoms with Gasteiger partial charge in [-0.25, -0.2) is 18.3 Å². The Kier molecular flexibility index (Phi) is 8.13. The number of fused-ring (bicyclic) bond motifs is 1. The number of hydrogen-bond donors (Lipinski definition) is 2. The summed E-state index contributed by atoms with van der Waals surface area (Å²) in [7, 11) is -3.53. The minimum absolute atomic E-state index is 0.0116. The van der Waals surface area contributed by atoms with Crippen LogP contribution in [0.3, 0.4) is 0 Å². The number of aromatic amines is 1. The minimum Gasteiger partial charge on any atom is -0.674 e. The van der Waals surface area contributed by atoms with Crippen molar-refractivity contribution in [1.29, 1.82) is 0 Å². The predicted octanol–water partition coefficient (Wildman–Crippen LogP) is 2.02. The molecule has 1 atom stereocenters. The number of benzene rings is 1. The molecule has 3 N–H and O–H groups in total. The van der Waals surface area contributed by atoms with Crippen molar-refractivity contribution in [1.82, 2.24) is 33.8 Å². The number of aliphatic hydroxyl groups excluding tert-OH is 1. The fraction of sp³-hybridized carbons (Fsp3) is 0.560. The van der Waals surface area contributed by atoms with Crippen LogP contribution in [0.1, 0.15) is 41.3 Å². The van der Waals surface area contributed by atoms with E-state index in [1.807, 2.05) is 0 Å². The van der Waals surface area contributed by atoms with E-state index in [0.717, 1.165) is 30.9 Å². The summed E-state index contributed by atoms with van der Waals surface area (Å²) in [5.41, 5.74) is 8.31. The SMILES string of the molecule is CS(=O)(=O)N1CCc2c(c(-c3ccc(C(F)(F)F)c(C[NH-])c3)nn2CC(O)CN2CCC(n3cn[nH]c3=O)CC2)C1. The molecule has 2 aliphatic rings. The second-order valence-electron chi connectivity index (χ2n) is 10.6. The molecule has 5 rings (SSSR count). The van der Waals surface area contributed by atoms with E-state index < -0.39 is 34.4 Å². The third kappa shape index (κ3) is 6.25. The van der Waals surface area contributed by atoms with E-state index >= 15 is 0 Å². The van der Waals surface area contributed by atoms with Crippen LogP contribution >= 0.6 is 0 Å². The second-order valence-corrected chi connectivity index (χ2v) is 12.6. The largest absolute Gasteiger partial charge is 0.674 e. The van der Waals surface area contributed by atoms with Gasteiger partial charge in [0, 0.05) is 62.0 Å². The van der Waals surface area contributed by atoms with Gasteiger partial charge in [0.1, 0.15) is 6.33 Å². The second kappa shape index (κ2) is 11.3. The smallest absolute Gasteiger partial charge is 0.416 e. The van der Waals surface area contributed by atoms with Crippen LogP contribution in [0.2, 0.25) is 0 Å². The quantitative estimate of drug-likeness (QED) is 0.403.